The van der Waals surface area contributed by atoms with E-state index in [4.69, 9.17) is 0 Å². The topological polar surface area (TPSA) is 87.5 Å². The van der Waals surface area contributed by atoms with Crippen molar-refractivity contribution in [2.45, 2.75) is 32.7 Å². The zero-order valence-corrected chi connectivity index (χ0v) is 15.6. The number of amides is 1. The number of carbonyl (C=O) groups excluding carboxylic acids is 1. The summed E-state index contributed by atoms with van der Waals surface area (Å²) in [6, 6.07) is 11.5. The van der Waals surface area contributed by atoms with Gasteiger partial charge < -0.3 is 15.5 Å². The first-order valence-corrected chi connectivity index (χ1v) is 9.11. The summed E-state index contributed by atoms with van der Waals surface area (Å²) in [5.74, 6) is -0.204. The van der Waals surface area contributed by atoms with Crippen molar-refractivity contribution in [3.63, 3.8) is 0 Å². The Morgan fingerprint density at radius 3 is 2.33 bits per heavy atom. The van der Waals surface area contributed by atoms with E-state index in [1.165, 1.54) is 48.4 Å². The lowest BCUT2D eigenvalue weighted by Gasteiger charge is -2.22. The standard InChI is InChI=1S/C20H24N4O3/c1-14-13-17(7-10-19(14)23-11-3-4-12-23)21-15(2)20(25)22-16-5-8-18(9-6-16)24(26)27/h5-10,13,15,21H,3-4,11-12H2,1-2H3,(H,22,25)/t15-/m1/s1. The van der Waals surface area contributed by atoms with Gasteiger partial charge in [0, 0.05) is 42.3 Å². The summed E-state index contributed by atoms with van der Waals surface area (Å²) >= 11 is 0. The predicted octanol–water partition coefficient (Wildman–Crippen LogP) is 3.94. The highest BCUT2D eigenvalue weighted by Crippen LogP contribution is 2.27. The molecule has 0 spiro atoms. The summed E-state index contributed by atoms with van der Waals surface area (Å²) in [5, 5.41) is 16.7. The maximum Gasteiger partial charge on any atom is 0.269 e. The third-order valence-electron chi connectivity index (χ3n) is 4.77. The van der Waals surface area contributed by atoms with Crippen LogP contribution in [0.5, 0.6) is 0 Å². The van der Waals surface area contributed by atoms with Gasteiger partial charge in [0.1, 0.15) is 6.04 Å². The van der Waals surface area contributed by atoms with E-state index in [-0.39, 0.29) is 11.6 Å². The molecule has 2 N–H and O–H groups in total. The molecule has 142 valence electrons. The molecule has 1 amide bonds. The van der Waals surface area contributed by atoms with Gasteiger partial charge in [0.2, 0.25) is 5.91 Å². The molecule has 2 aromatic carbocycles. The fraction of sp³-hybridized carbons (Fsp3) is 0.350. The number of anilines is 3. The van der Waals surface area contributed by atoms with Crippen LogP contribution < -0.4 is 15.5 Å². The number of nitro groups is 1. The quantitative estimate of drug-likeness (QED) is 0.596. The molecule has 1 atom stereocenters. The average molecular weight is 368 g/mol. The molecule has 0 radical (unpaired) electrons. The molecular weight excluding hydrogens is 344 g/mol. The molecule has 2 aromatic rings. The van der Waals surface area contributed by atoms with E-state index >= 15 is 0 Å². The maximum absolute atomic E-state index is 12.4. The number of aryl methyl sites for hydroxylation is 1. The minimum atomic E-state index is -0.468. The molecule has 0 aliphatic carbocycles. The van der Waals surface area contributed by atoms with Gasteiger partial charge in [0.05, 0.1) is 4.92 Å². The van der Waals surface area contributed by atoms with Gasteiger partial charge >= 0.3 is 0 Å². The highest BCUT2D eigenvalue weighted by molar-refractivity contribution is 5.96. The predicted molar refractivity (Wildman–Crippen MR) is 107 cm³/mol. The fourth-order valence-corrected chi connectivity index (χ4v) is 3.29. The van der Waals surface area contributed by atoms with Crippen LogP contribution in [0.1, 0.15) is 25.3 Å². The first-order valence-electron chi connectivity index (χ1n) is 9.11. The second kappa shape index (κ2) is 8.07. The van der Waals surface area contributed by atoms with Gasteiger partial charge in [-0.15, -0.1) is 0 Å². The molecule has 1 fully saturated rings. The monoisotopic (exact) mass is 368 g/mol. The summed E-state index contributed by atoms with van der Waals surface area (Å²) in [5.41, 5.74) is 3.85. The largest absolute Gasteiger partial charge is 0.374 e. The van der Waals surface area contributed by atoms with Gasteiger partial charge in [-0.2, -0.15) is 0 Å². The van der Waals surface area contributed by atoms with Crippen molar-refractivity contribution < 1.29 is 9.72 Å². The van der Waals surface area contributed by atoms with E-state index in [1.807, 2.05) is 6.07 Å². The molecule has 7 heteroatoms. The minimum absolute atomic E-state index is 0.00672. The lowest BCUT2D eigenvalue weighted by molar-refractivity contribution is -0.384. The van der Waals surface area contributed by atoms with Gasteiger partial charge in [-0.05, 0) is 62.6 Å². The Kier molecular flexibility index (Phi) is 5.59. The summed E-state index contributed by atoms with van der Waals surface area (Å²) in [6.07, 6.45) is 2.47. The number of nitrogens with one attached hydrogen (secondary N) is 2. The number of carbonyl (C=O) groups is 1. The number of non-ortho nitro benzene ring substituents is 1. The van der Waals surface area contributed by atoms with E-state index in [1.54, 1.807) is 6.92 Å². The summed E-state index contributed by atoms with van der Waals surface area (Å²) < 4.78 is 0. The molecule has 27 heavy (non-hydrogen) atoms. The molecule has 1 aliphatic heterocycles. The number of nitrogens with zero attached hydrogens (tertiary/aromatic N) is 2. The smallest absolute Gasteiger partial charge is 0.269 e. The molecule has 1 heterocycles. The van der Waals surface area contributed by atoms with Gasteiger partial charge in [-0.3, -0.25) is 14.9 Å². The molecule has 3 rings (SSSR count). The summed E-state index contributed by atoms with van der Waals surface area (Å²) in [7, 11) is 0. The van der Waals surface area contributed by atoms with Crippen molar-refractivity contribution in [2.24, 2.45) is 0 Å². The molecule has 0 saturated carbocycles. The van der Waals surface area contributed by atoms with Crippen LogP contribution in [0.25, 0.3) is 0 Å². The fourth-order valence-electron chi connectivity index (χ4n) is 3.29. The number of hydrogen-bond donors (Lipinski definition) is 2. The summed E-state index contributed by atoms with van der Waals surface area (Å²) in [4.78, 5) is 25.0. The zero-order valence-electron chi connectivity index (χ0n) is 15.6. The molecule has 0 aromatic heterocycles. The van der Waals surface area contributed by atoms with Crippen molar-refractivity contribution >= 4 is 28.7 Å². The van der Waals surface area contributed by atoms with E-state index in [0.717, 1.165) is 18.8 Å². The molecule has 0 bridgehead atoms. The van der Waals surface area contributed by atoms with Crippen molar-refractivity contribution in [3.05, 3.63) is 58.1 Å². The van der Waals surface area contributed by atoms with Crippen LogP contribution in [-0.2, 0) is 4.79 Å². The number of nitro benzene ring substituents is 1. The van der Waals surface area contributed by atoms with Crippen LogP contribution in [0.4, 0.5) is 22.7 Å². The third-order valence-corrected chi connectivity index (χ3v) is 4.77. The van der Waals surface area contributed by atoms with E-state index in [0.29, 0.717) is 5.69 Å². The summed E-state index contributed by atoms with van der Waals surface area (Å²) in [6.45, 7) is 6.06. The number of rotatable bonds is 6. The van der Waals surface area contributed by atoms with Gasteiger partial charge in [-0.1, -0.05) is 0 Å². The Morgan fingerprint density at radius 2 is 1.74 bits per heavy atom. The maximum atomic E-state index is 12.4. The molecule has 1 saturated heterocycles. The van der Waals surface area contributed by atoms with Crippen molar-refractivity contribution in [3.8, 4) is 0 Å². The lowest BCUT2D eigenvalue weighted by atomic mass is 10.1. The second-order valence-electron chi connectivity index (χ2n) is 6.85. The SMILES string of the molecule is Cc1cc(N[C@H](C)C(=O)Nc2ccc([N+](=O)[O-])cc2)ccc1N1CCCC1. The van der Waals surface area contributed by atoms with Crippen molar-refractivity contribution in [1.82, 2.24) is 0 Å². The Hall–Kier alpha value is -3.09. The van der Waals surface area contributed by atoms with Crippen LogP contribution in [0.3, 0.4) is 0 Å². The highest BCUT2D eigenvalue weighted by atomic mass is 16.6. The van der Waals surface area contributed by atoms with Crippen LogP contribution in [0, 0.1) is 17.0 Å². The van der Waals surface area contributed by atoms with E-state index < -0.39 is 11.0 Å². The first-order chi connectivity index (χ1) is 12.9. The zero-order chi connectivity index (χ0) is 19.4. The van der Waals surface area contributed by atoms with Crippen LogP contribution in [0.2, 0.25) is 0 Å². The van der Waals surface area contributed by atoms with Crippen molar-refractivity contribution in [1.29, 1.82) is 0 Å². The first kappa shape index (κ1) is 18.7. The Morgan fingerprint density at radius 1 is 1.11 bits per heavy atom. The number of hydrogen-bond acceptors (Lipinski definition) is 5. The lowest BCUT2D eigenvalue weighted by Crippen LogP contribution is -2.31. The molecular formula is C20H24N4O3. The minimum Gasteiger partial charge on any atom is -0.374 e. The molecule has 7 nitrogen and oxygen atoms in total. The van der Waals surface area contributed by atoms with Gasteiger partial charge in [-0.25, -0.2) is 0 Å². The molecule has 0 unspecified atom stereocenters. The van der Waals surface area contributed by atoms with Gasteiger partial charge in [0.15, 0.2) is 0 Å². The Bertz CT molecular complexity index is 830. The third kappa shape index (κ3) is 4.55. The molecule has 1 aliphatic rings. The number of benzene rings is 2. The van der Waals surface area contributed by atoms with Crippen LogP contribution in [-0.4, -0.2) is 30.0 Å². The average Bonchev–Trinajstić information content (AvgIpc) is 3.16. The van der Waals surface area contributed by atoms with Crippen molar-refractivity contribution in [2.75, 3.05) is 28.6 Å². The second-order valence-corrected chi connectivity index (χ2v) is 6.85. The van der Waals surface area contributed by atoms with E-state index in [2.05, 4.69) is 34.6 Å². The van der Waals surface area contributed by atoms with Gasteiger partial charge in [0.25, 0.3) is 5.69 Å². The Labute approximate surface area is 158 Å². The Balaban J connectivity index is 1.60. The van der Waals surface area contributed by atoms with Crippen LogP contribution >= 0.6 is 0 Å². The van der Waals surface area contributed by atoms with Crippen LogP contribution in [0.15, 0.2) is 42.5 Å². The normalized spacial score (nSPS) is 14.7. The highest BCUT2D eigenvalue weighted by Gasteiger charge is 2.16. The van der Waals surface area contributed by atoms with E-state index in [9.17, 15) is 14.9 Å².